The first-order valence-corrected chi connectivity index (χ1v) is 8.04. The molecule has 0 fully saturated rings. The number of hydrogen-bond donors (Lipinski definition) is 3. The van der Waals surface area contributed by atoms with Gasteiger partial charge in [-0.15, -0.1) is 0 Å². The molecule has 122 valence electrons. The molecule has 2 aromatic heterocycles. The van der Waals surface area contributed by atoms with Gasteiger partial charge in [0.15, 0.2) is 5.82 Å². The molecule has 4 rings (SSSR count). The number of nitrogens with two attached hydrogens (primary N) is 2. The lowest BCUT2D eigenvalue weighted by molar-refractivity contribution is 0.738. The van der Waals surface area contributed by atoms with Gasteiger partial charge in [0, 0.05) is 18.4 Å². The fourth-order valence-corrected chi connectivity index (χ4v) is 3.33. The highest BCUT2D eigenvalue weighted by molar-refractivity contribution is 5.88. The molecule has 3 aromatic rings. The summed E-state index contributed by atoms with van der Waals surface area (Å²) in [5.41, 5.74) is 18.3. The Morgan fingerprint density at radius 2 is 2.04 bits per heavy atom. The number of anilines is 2. The van der Waals surface area contributed by atoms with Crippen molar-refractivity contribution in [1.29, 1.82) is 0 Å². The Morgan fingerprint density at radius 3 is 2.79 bits per heavy atom. The number of aromatic nitrogens is 3. The molecule has 24 heavy (non-hydrogen) atoms. The van der Waals surface area contributed by atoms with Crippen LogP contribution in [0.25, 0.3) is 22.3 Å². The van der Waals surface area contributed by atoms with Crippen molar-refractivity contribution in [1.82, 2.24) is 19.9 Å². The van der Waals surface area contributed by atoms with E-state index in [1.54, 1.807) is 0 Å². The molecule has 0 spiro atoms. The van der Waals surface area contributed by atoms with Crippen LogP contribution < -0.4 is 16.8 Å². The summed E-state index contributed by atoms with van der Waals surface area (Å²) < 4.78 is 2.01. The fraction of sp³-hybridized carbons (Fsp3) is 0.222. The van der Waals surface area contributed by atoms with Crippen LogP contribution in [0.3, 0.4) is 0 Å². The highest BCUT2D eigenvalue weighted by atomic mass is 15.1. The van der Waals surface area contributed by atoms with Crippen LogP contribution in [0.1, 0.15) is 17.5 Å². The molecular weight excluding hydrogens is 300 g/mol. The molecule has 6 heteroatoms. The second-order valence-electron chi connectivity index (χ2n) is 6.07. The summed E-state index contributed by atoms with van der Waals surface area (Å²) in [5, 5.41) is 3.35. The fourth-order valence-electron chi connectivity index (χ4n) is 3.33. The Bertz CT molecular complexity index is 954. The maximum absolute atomic E-state index is 6.06. The van der Waals surface area contributed by atoms with Crippen LogP contribution >= 0.6 is 0 Å². The molecule has 0 aliphatic carbocycles. The molecule has 0 atom stereocenters. The van der Waals surface area contributed by atoms with Crippen LogP contribution in [0.4, 0.5) is 11.8 Å². The number of rotatable bonds is 2. The molecule has 6 nitrogen and oxygen atoms in total. The normalized spacial score (nSPS) is 14.8. The van der Waals surface area contributed by atoms with Crippen molar-refractivity contribution in [2.24, 2.45) is 0 Å². The first-order chi connectivity index (χ1) is 11.6. The van der Waals surface area contributed by atoms with Crippen molar-refractivity contribution < 1.29 is 0 Å². The van der Waals surface area contributed by atoms with Crippen LogP contribution in [0, 0.1) is 6.92 Å². The van der Waals surface area contributed by atoms with E-state index in [0.717, 1.165) is 36.2 Å². The highest BCUT2D eigenvalue weighted by Gasteiger charge is 2.13. The van der Waals surface area contributed by atoms with Gasteiger partial charge in [0.2, 0.25) is 5.95 Å². The standard InChI is InChI=1S/C18H20N6/c1-11-10-13(2-3-14(11)12-4-7-21-8-5-12)24-9-6-15-16(24)17(19)23-18(20)22-15/h2-4,6,9-10,21H,5,7-8H2,1H3,(H4,19,20,22,23). The Morgan fingerprint density at radius 1 is 1.17 bits per heavy atom. The zero-order chi connectivity index (χ0) is 16.7. The first kappa shape index (κ1) is 14.7. The molecule has 0 unspecified atom stereocenters. The minimum absolute atomic E-state index is 0.196. The summed E-state index contributed by atoms with van der Waals surface area (Å²) in [4.78, 5) is 8.33. The SMILES string of the molecule is Cc1cc(-n2ccc3nc(N)nc(N)c32)ccc1C1=CCNCC1. The third kappa shape index (κ3) is 2.41. The second kappa shape index (κ2) is 5.65. The summed E-state index contributed by atoms with van der Waals surface area (Å²) in [6, 6.07) is 8.37. The van der Waals surface area contributed by atoms with Gasteiger partial charge in [-0.25, -0.2) is 4.98 Å². The van der Waals surface area contributed by atoms with Gasteiger partial charge in [-0.05, 0) is 54.8 Å². The highest BCUT2D eigenvalue weighted by Crippen LogP contribution is 2.28. The zero-order valence-corrected chi connectivity index (χ0v) is 13.6. The van der Waals surface area contributed by atoms with Gasteiger partial charge in [0.25, 0.3) is 0 Å². The van der Waals surface area contributed by atoms with Gasteiger partial charge in [-0.1, -0.05) is 12.1 Å². The molecule has 1 aliphatic heterocycles. The zero-order valence-electron chi connectivity index (χ0n) is 13.6. The van der Waals surface area contributed by atoms with Crippen LogP contribution in [-0.2, 0) is 0 Å². The number of fused-ring (bicyclic) bond motifs is 1. The van der Waals surface area contributed by atoms with Crippen molar-refractivity contribution >= 4 is 28.4 Å². The number of hydrogen-bond acceptors (Lipinski definition) is 5. The van der Waals surface area contributed by atoms with E-state index < -0.39 is 0 Å². The van der Waals surface area contributed by atoms with E-state index in [0.29, 0.717) is 5.82 Å². The molecule has 0 amide bonds. The van der Waals surface area contributed by atoms with Gasteiger partial charge in [-0.2, -0.15) is 4.98 Å². The summed E-state index contributed by atoms with van der Waals surface area (Å²) in [7, 11) is 0. The van der Waals surface area contributed by atoms with Gasteiger partial charge < -0.3 is 21.4 Å². The smallest absolute Gasteiger partial charge is 0.222 e. The average Bonchev–Trinajstić information content (AvgIpc) is 2.99. The lowest BCUT2D eigenvalue weighted by Crippen LogP contribution is -2.20. The van der Waals surface area contributed by atoms with E-state index in [9.17, 15) is 0 Å². The van der Waals surface area contributed by atoms with Gasteiger partial charge >= 0.3 is 0 Å². The van der Waals surface area contributed by atoms with E-state index in [1.807, 2.05) is 16.8 Å². The number of nitrogen functional groups attached to an aromatic ring is 2. The molecule has 0 bridgehead atoms. The summed E-state index contributed by atoms with van der Waals surface area (Å²) >= 11 is 0. The first-order valence-electron chi connectivity index (χ1n) is 8.04. The predicted octanol–water partition coefficient (Wildman–Crippen LogP) is 2.27. The predicted molar refractivity (Wildman–Crippen MR) is 97.9 cm³/mol. The molecule has 1 aromatic carbocycles. The monoisotopic (exact) mass is 320 g/mol. The van der Waals surface area contributed by atoms with Crippen LogP contribution in [0.15, 0.2) is 36.5 Å². The summed E-state index contributed by atoms with van der Waals surface area (Å²) in [6.07, 6.45) is 5.28. The van der Waals surface area contributed by atoms with Crippen LogP contribution in [-0.4, -0.2) is 27.6 Å². The minimum atomic E-state index is 0.196. The van der Waals surface area contributed by atoms with Crippen molar-refractivity contribution in [3.63, 3.8) is 0 Å². The Hall–Kier alpha value is -2.86. The molecule has 0 saturated heterocycles. The molecule has 5 N–H and O–H groups in total. The molecule has 0 radical (unpaired) electrons. The quantitative estimate of drug-likeness (QED) is 0.673. The molecular formula is C18H20N6. The Balaban J connectivity index is 1.81. The third-order valence-electron chi connectivity index (χ3n) is 4.48. The van der Waals surface area contributed by atoms with E-state index >= 15 is 0 Å². The van der Waals surface area contributed by atoms with E-state index in [-0.39, 0.29) is 5.95 Å². The summed E-state index contributed by atoms with van der Waals surface area (Å²) in [5.74, 6) is 0.590. The Labute approximate surface area is 140 Å². The maximum atomic E-state index is 6.06. The van der Waals surface area contributed by atoms with Gasteiger partial charge in [0.05, 0.1) is 5.52 Å². The van der Waals surface area contributed by atoms with Crippen molar-refractivity contribution in [2.75, 3.05) is 24.6 Å². The number of nitrogens with one attached hydrogen (secondary N) is 1. The van der Waals surface area contributed by atoms with Gasteiger partial charge in [0.1, 0.15) is 5.52 Å². The van der Waals surface area contributed by atoms with Crippen molar-refractivity contribution in [3.8, 4) is 5.69 Å². The summed E-state index contributed by atoms with van der Waals surface area (Å²) in [6.45, 7) is 4.11. The van der Waals surface area contributed by atoms with E-state index in [4.69, 9.17) is 11.5 Å². The van der Waals surface area contributed by atoms with Crippen molar-refractivity contribution in [2.45, 2.75) is 13.3 Å². The minimum Gasteiger partial charge on any atom is -0.382 e. The van der Waals surface area contributed by atoms with E-state index in [1.165, 1.54) is 16.7 Å². The topological polar surface area (TPSA) is 94.8 Å². The maximum Gasteiger partial charge on any atom is 0.222 e. The number of aryl methyl sites for hydroxylation is 1. The Kier molecular flexibility index (Phi) is 3.46. The van der Waals surface area contributed by atoms with Gasteiger partial charge in [-0.3, -0.25) is 0 Å². The van der Waals surface area contributed by atoms with Crippen molar-refractivity contribution in [3.05, 3.63) is 47.7 Å². The molecule has 0 saturated carbocycles. The lowest BCUT2D eigenvalue weighted by Gasteiger charge is -2.17. The third-order valence-corrected chi connectivity index (χ3v) is 4.48. The van der Waals surface area contributed by atoms with E-state index in [2.05, 4.69) is 46.5 Å². The second-order valence-corrected chi connectivity index (χ2v) is 6.07. The average molecular weight is 320 g/mol. The molecule has 1 aliphatic rings. The molecule has 3 heterocycles. The lowest BCUT2D eigenvalue weighted by atomic mass is 9.96. The van der Waals surface area contributed by atoms with Crippen LogP contribution in [0.2, 0.25) is 0 Å². The number of nitrogens with zero attached hydrogens (tertiary/aromatic N) is 3. The van der Waals surface area contributed by atoms with Crippen LogP contribution in [0.5, 0.6) is 0 Å². The largest absolute Gasteiger partial charge is 0.382 e. The number of benzene rings is 1.